The second-order valence-corrected chi connectivity index (χ2v) is 8.97. The number of aromatic nitrogens is 4. The van der Waals surface area contributed by atoms with Gasteiger partial charge in [0.25, 0.3) is 0 Å². The molecular weight excluding hydrogens is 418 g/mol. The van der Waals surface area contributed by atoms with Crippen molar-refractivity contribution >= 4 is 63.6 Å². The number of rotatable bonds is 5. The minimum Gasteiger partial charge on any atom is -0.389 e. The van der Waals surface area contributed by atoms with Crippen molar-refractivity contribution in [1.82, 2.24) is 19.9 Å². The summed E-state index contributed by atoms with van der Waals surface area (Å²) in [5.41, 5.74) is 3.36. The highest BCUT2D eigenvalue weighted by Gasteiger charge is 2.30. The molecule has 0 saturated carbocycles. The van der Waals surface area contributed by atoms with Crippen LogP contribution < -0.4 is 4.90 Å². The molecule has 0 bridgehead atoms. The summed E-state index contributed by atoms with van der Waals surface area (Å²) in [6, 6.07) is 0. The third-order valence-electron chi connectivity index (χ3n) is 4.63. The maximum Gasteiger partial charge on any atom is 0.198 e. The molecule has 144 valence electrons. The van der Waals surface area contributed by atoms with Crippen LogP contribution in [0.3, 0.4) is 0 Å². The van der Waals surface area contributed by atoms with Gasteiger partial charge in [-0.25, -0.2) is 19.9 Å². The van der Waals surface area contributed by atoms with Crippen LogP contribution in [0.2, 0.25) is 5.02 Å². The molecule has 1 fully saturated rings. The minimum absolute atomic E-state index is 0.333. The molecule has 28 heavy (non-hydrogen) atoms. The van der Waals surface area contributed by atoms with Crippen LogP contribution in [0.15, 0.2) is 24.9 Å². The van der Waals surface area contributed by atoms with E-state index in [2.05, 4.69) is 24.9 Å². The molecule has 2 aliphatic heterocycles. The molecule has 0 atom stereocenters. The van der Waals surface area contributed by atoms with Crippen molar-refractivity contribution in [2.24, 2.45) is 9.98 Å². The number of H-pyrrole nitrogens is 1. The van der Waals surface area contributed by atoms with E-state index in [0.29, 0.717) is 35.5 Å². The lowest BCUT2D eigenvalue weighted by Gasteiger charge is -2.37. The topological polar surface area (TPSA) is 103 Å². The molecular formula is C17H16ClN7OS2. The number of hydrogen-bond acceptors (Lipinski definition) is 9. The van der Waals surface area contributed by atoms with Gasteiger partial charge in [0.05, 0.1) is 34.5 Å². The van der Waals surface area contributed by atoms with Crippen LogP contribution >= 0.6 is 34.7 Å². The maximum atomic E-state index is 9.72. The molecule has 2 aliphatic rings. The third-order valence-corrected chi connectivity index (χ3v) is 6.85. The van der Waals surface area contributed by atoms with Crippen LogP contribution in [0.4, 0.5) is 5.82 Å². The molecule has 2 N–H and O–H groups in total. The van der Waals surface area contributed by atoms with Crippen molar-refractivity contribution in [3.63, 3.8) is 0 Å². The maximum absolute atomic E-state index is 9.72. The van der Waals surface area contributed by atoms with E-state index >= 15 is 0 Å². The van der Waals surface area contributed by atoms with Crippen LogP contribution in [0.5, 0.6) is 0 Å². The molecule has 0 aliphatic carbocycles. The van der Waals surface area contributed by atoms with Gasteiger partial charge in [0.2, 0.25) is 0 Å². The lowest BCUT2D eigenvalue weighted by molar-refractivity contribution is 0.141. The third kappa shape index (κ3) is 3.10. The fraction of sp³-hybridized carbons (Fsp3) is 0.353. The van der Waals surface area contributed by atoms with E-state index in [4.69, 9.17) is 16.6 Å². The summed E-state index contributed by atoms with van der Waals surface area (Å²) >= 11 is 9.51. The Balaban J connectivity index is 1.51. The lowest BCUT2D eigenvalue weighted by atomic mass is 10.1. The van der Waals surface area contributed by atoms with Crippen LogP contribution in [-0.4, -0.2) is 62.8 Å². The standard InChI is InChI=1S/C17H16ClN7OS2/c1-2-9-13(18)12-14(21-9)23-16(24-15(12)25-4-8(26)5-25)28-17-22-11(6-27-17)10-3-19-7-20-10/h6-8,26H,2-5H2,1H3,(H,21,23,24). The molecule has 0 unspecified atom stereocenters. The highest BCUT2D eigenvalue weighted by Crippen LogP contribution is 2.38. The van der Waals surface area contributed by atoms with Gasteiger partial charge in [0.1, 0.15) is 17.8 Å². The molecule has 3 aromatic heterocycles. The summed E-state index contributed by atoms with van der Waals surface area (Å²) < 4.78 is 0.840. The predicted molar refractivity (Wildman–Crippen MR) is 113 cm³/mol. The monoisotopic (exact) mass is 433 g/mol. The Hall–Kier alpha value is -2.01. The zero-order chi connectivity index (χ0) is 19.3. The Bertz CT molecular complexity index is 1120. The lowest BCUT2D eigenvalue weighted by Crippen LogP contribution is -2.51. The van der Waals surface area contributed by atoms with Crippen LogP contribution in [-0.2, 0) is 6.42 Å². The van der Waals surface area contributed by atoms with E-state index in [0.717, 1.165) is 39.1 Å². The number of aryl methyl sites for hydroxylation is 1. The number of nitrogens with one attached hydrogen (secondary N) is 1. The Morgan fingerprint density at radius 1 is 1.36 bits per heavy atom. The van der Waals surface area contributed by atoms with Crippen molar-refractivity contribution in [1.29, 1.82) is 0 Å². The number of aliphatic hydroxyl groups is 1. The summed E-state index contributed by atoms with van der Waals surface area (Å²) in [6.45, 7) is 3.69. The number of thiazole rings is 1. The van der Waals surface area contributed by atoms with E-state index in [1.165, 1.54) is 23.1 Å². The van der Waals surface area contributed by atoms with Gasteiger partial charge in [0.15, 0.2) is 9.50 Å². The number of aliphatic imine (C=N–C) groups is 2. The van der Waals surface area contributed by atoms with E-state index in [-0.39, 0.29) is 6.10 Å². The Morgan fingerprint density at radius 3 is 2.93 bits per heavy atom. The highest BCUT2D eigenvalue weighted by molar-refractivity contribution is 8.00. The summed E-state index contributed by atoms with van der Waals surface area (Å²) in [6.07, 6.45) is 2.01. The summed E-state index contributed by atoms with van der Waals surface area (Å²) in [7, 11) is 0. The van der Waals surface area contributed by atoms with E-state index in [9.17, 15) is 5.11 Å². The number of aromatic amines is 1. The zero-order valence-corrected chi connectivity index (χ0v) is 17.3. The van der Waals surface area contributed by atoms with Gasteiger partial charge in [-0.05, 0) is 18.2 Å². The first-order valence-corrected chi connectivity index (χ1v) is 10.9. The normalized spacial score (nSPS) is 16.8. The van der Waals surface area contributed by atoms with Crippen molar-refractivity contribution < 1.29 is 5.11 Å². The van der Waals surface area contributed by atoms with Crippen molar-refractivity contribution in [2.75, 3.05) is 24.5 Å². The number of anilines is 1. The first-order valence-electron chi connectivity index (χ1n) is 8.82. The highest BCUT2D eigenvalue weighted by atomic mass is 35.5. The van der Waals surface area contributed by atoms with Crippen molar-refractivity contribution in [2.45, 2.75) is 28.9 Å². The number of fused-ring (bicyclic) bond motifs is 1. The Kier molecular flexibility index (Phi) is 4.58. The fourth-order valence-corrected chi connectivity index (χ4v) is 5.19. The second-order valence-electron chi connectivity index (χ2n) is 6.52. The smallest absolute Gasteiger partial charge is 0.198 e. The fourth-order valence-electron chi connectivity index (χ4n) is 3.16. The number of β-amino-alcohol motifs (C(OH)–C–C–N with tert-alkyl or cyclic N) is 1. The quantitative estimate of drug-likeness (QED) is 0.600. The van der Waals surface area contributed by atoms with Crippen LogP contribution in [0.25, 0.3) is 11.0 Å². The number of hydrogen-bond donors (Lipinski definition) is 2. The second kappa shape index (κ2) is 7.11. The molecule has 0 spiro atoms. The Morgan fingerprint density at radius 2 is 2.21 bits per heavy atom. The first kappa shape index (κ1) is 18.0. The Labute approximate surface area is 173 Å². The average Bonchev–Trinajstić information content (AvgIpc) is 3.39. The van der Waals surface area contributed by atoms with Gasteiger partial charge in [-0.15, -0.1) is 11.3 Å². The van der Waals surface area contributed by atoms with Crippen LogP contribution in [0, 0.1) is 0 Å². The van der Waals surface area contributed by atoms with E-state index < -0.39 is 0 Å². The summed E-state index contributed by atoms with van der Waals surface area (Å²) in [5.74, 6) is 0.754. The average molecular weight is 434 g/mol. The van der Waals surface area contributed by atoms with Gasteiger partial charge >= 0.3 is 0 Å². The predicted octanol–water partition coefficient (Wildman–Crippen LogP) is 2.79. The molecule has 1 saturated heterocycles. The minimum atomic E-state index is -0.333. The molecule has 8 nitrogen and oxygen atoms in total. The van der Waals surface area contributed by atoms with E-state index in [1.807, 2.05) is 17.2 Å². The number of nitrogens with zero attached hydrogens (tertiary/aromatic N) is 6. The SMILES string of the molecule is CCc1[nH]c2nc(Sc3nc(C4=NC=NC4)cs3)nc(N3CC(O)C3)c2c1Cl. The van der Waals surface area contributed by atoms with Gasteiger partial charge in [0, 0.05) is 24.2 Å². The molecule has 11 heteroatoms. The zero-order valence-electron chi connectivity index (χ0n) is 14.9. The first-order chi connectivity index (χ1) is 13.6. The number of aliphatic hydroxyl groups excluding tert-OH is 1. The molecule has 5 heterocycles. The van der Waals surface area contributed by atoms with E-state index in [1.54, 1.807) is 6.34 Å². The van der Waals surface area contributed by atoms with Crippen LogP contribution in [0.1, 0.15) is 18.3 Å². The molecule has 5 rings (SSSR count). The van der Waals surface area contributed by atoms with Gasteiger partial charge < -0.3 is 15.0 Å². The van der Waals surface area contributed by atoms with Gasteiger partial charge in [-0.1, -0.05) is 18.5 Å². The molecule has 3 aromatic rings. The largest absolute Gasteiger partial charge is 0.389 e. The molecule has 0 radical (unpaired) electrons. The summed E-state index contributed by atoms with van der Waals surface area (Å²) in [4.78, 5) is 27.7. The number of halogens is 1. The van der Waals surface area contributed by atoms with Gasteiger partial charge in [-0.2, -0.15) is 0 Å². The van der Waals surface area contributed by atoms with Gasteiger partial charge in [-0.3, -0.25) is 4.99 Å². The summed E-state index contributed by atoms with van der Waals surface area (Å²) in [5, 5.41) is 13.8. The molecule has 0 aromatic carbocycles. The van der Waals surface area contributed by atoms with Crippen molar-refractivity contribution in [3.8, 4) is 0 Å². The van der Waals surface area contributed by atoms with Crippen molar-refractivity contribution in [3.05, 3.63) is 21.8 Å². The molecule has 0 amide bonds.